The highest BCUT2D eigenvalue weighted by Crippen LogP contribution is 2.28. The van der Waals surface area contributed by atoms with Crippen LogP contribution in [0.15, 0.2) is 91.0 Å². The van der Waals surface area contributed by atoms with Gasteiger partial charge in [-0.1, -0.05) is 53.6 Å². The largest absolute Gasteiger partial charge is 0.478 e. The number of aryl methyl sites for hydroxylation is 6. The van der Waals surface area contributed by atoms with E-state index in [0.29, 0.717) is 61.6 Å². The van der Waals surface area contributed by atoms with Crippen LogP contribution in [-0.2, 0) is 18.9 Å². The number of carboxylic acid groups (broad SMARTS) is 1. The van der Waals surface area contributed by atoms with E-state index in [0.717, 1.165) is 11.1 Å². The van der Waals surface area contributed by atoms with Crippen LogP contribution in [-0.4, -0.2) is 153 Å². The number of benzene rings is 5. The Morgan fingerprint density at radius 2 is 0.708 bits per heavy atom. The maximum atomic E-state index is 12.3. The Kier molecular flexibility index (Phi) is 24.1. The second-order valence-electron chi connectivity index (χ2n) is 16.5. The average molecular weight is 1000 g/mol. The molecule has 0 amide bonds. The maximum Gasteiger partial charge on any atom is 0.338 e. The fraction of sp³-hybridized carbons (Fsp3) is 0.340. The van der Waals surface area contributed by atoms with E-state index < -0.39 is 80.7 Å². The minimum absolute atomic E-state index is 0.132. The molecule has 0 aliphatic heterocycles. The fourth-order valence-corrected chi connectivity index (χ4v) is 6.27. The molecule has 19 nitrogen and oxygen atoms in total. The number of aromatic carboxylic acids is 1. The van der Waals surface area contributed by atoms with Crippen LogP contribution >= 0.6 is 0 Å². The minimum atomic E-state index is -1.15. The number of aliphatic hydroxyl groups excluding tert-OH is 8. The van der Waals surface area contributed by atoms with Gasteiger partial charge in [0.15, 0.2) is 0 Å². The van der Waals surface area contributed by atoms with Gasteiger partial charge < -0.3 is 69.6 Å². The summed E-state index contributed by atoms with van der Waals surface area (Å²) in [4.78, 5) is 59.6. The Balaban J connectivity index is 0.000000298. The van der Waals surface area contributed by atoms with Crippen molar-refractivity contribution in [1.29, 1.82) is 0 Å². The summed E-state index contributed by atoms with van der Waals surface area (Å²) in [5.74, 6) is -2.80. The van der Waals surface area contributed by atoms with E-state index in [-0.39, 0.29) is 37.6 Å². The van der Waals surface area contributed by atoms with Gasteiger partial charge >= 0.3 is 29.8 Å². The summed E-state index contributed by atoms with van der Waals surface area (Å²) in [7, 11) is 0. The molecule has 0 spiro atoms. The number of carboxylic acids is 1. The average Bonchev–Trinajstić information content (AvgIpc) is 3.36. The topological polar surface area (TPSA) is 314 Å². The lowest BCUT2D eigenvalue weighted by Gasteiger charge is -2.13. The normalized spacial score (nSPS) is 12.3. The molecule has 388 valence electrons. The molecule has 0 aliphatic rings. The molecule has 5 rings (SSSR count). The quantitative estimate of drug-likeness (QED) is 0.0391. The van der Waals surface area contributed by atoms with Gasteiger partial charge in [0.05, 0.1) is 54.2 Å². The van der Waals surface area contributed by atoms with E-state index in [4.69, 9.17) is 49.2 Å². The predicted octanol–water partition coefficient (Wildman–Crippen LogP) is 4.11. The molecule has 0 aromatic heterocycles. The Hall–Kier alpha value is -7.07. The number of hydrogen-bond acceptors (Lipinski definition) is 18. The number of hydrogen-bond donors (Lipinski definition) is 9. The smallest absolute Gasteiger partial charge is 0.338 e. The number of ether oxygens (including phenoxy) is 5. The first-order chi connectivity index (χ1) is 34.1. The summed E-state index contributed by atoms with van der Waals surface area (Å²) < 4.78 is 25.5. The first-order valence-corrected chi connectivity index (χ1v) is 22.4. The zero-order chi connectivity index (χ0) is 53.7. The first-order valence-electron chi connectivity index (χ1n) is 22.4. The predicted molar refractivity (Wildman–Crippen MR) is 260 cm³/mol. The van der Waals surface area contributed by atoms with Gasteiger partial charge in [0.1, 0.15) is 62.3 Å². The Labute approximate surface area is 416 Å². The third-order valence-electron chi connectivity index (χ3n) is 10.3. The van der Waals surface area contributed by atoms with Crippen molar-refractivity contribution >= 4 is 29.8 Å². The summed E-state index contributed by atoms with van der Waals surface area (Å²) >= 11 is 0. The van der Waals surface area contributed by atoms with Crippen molar-refractivity contribution in [3.63, 3.8) is 0 Å². The Morgan fingerprint density at radius 3 is 1.06 bits per heavy atom. The van der Waals surface area contributed by atoms with Gasteiger partial charge in [-0.05, 0) is 123 Å². The number of carbonyl (C=O) groups is 5. The van der Waals surface area contributed by atoms with Crippen molar-refractivity contribution in [2.75, 3.05) is 52.9 Å². The molecule has 9 N–H and O–H groups in total. The molecule has 4 unspecified atom stereocenters. The molecule has 4 atom stereocenters. The van der Waals surface area contributed by atoms with Gasteiger partial charge in [0.2, 0.25) is 0 Å². The van der Waals surface area contributed by atoms with Crippen molar-refractivity contribution in [2.24, 2.45) is 0 Å². The highest BCUT2D eigenvalue weighted by Gasteiger charge is 2.19. The van der Waals surface area contributed by atoms with Crippen LogP contribution in [0.5, 0.6) is 11.5 Å². The molecule has 19 heteroatoms. The molecule has 0 saturated carbocycles. The summed E-state index contributed by atoms with van der Waals surface area (Å²) in [6, 6.07) is 25.2. The molecule has 5 aromatic carbocycles. The second kappa shape index (κ2) is 29.3. The molecule has 0 fully saturated rings. The number of esters is 4. The molecule has 0 heterocycles. The lowest BCUT2D eigenvalue weighted by Crippen LogP contribution is -2.22. The summed E-state index contributed by atoms with van der Waals surface area (Å²) in [6.07, 6.45) is -4.45. The van der Waals surface area contributed by atoms with Crippen LogP contribution in [0.3, 0.4) is 0 Å². The third-order valence-corrected chi connectivity index (χ3v) is 10.3. The lowest BCUT2D eigenvalue weighted by molar-refractivity contribution is 0.00893. The van der Waals surface area contributed by atoms with Crippen molar-refractivity contribution in [1.82, 2.24) is 0 Å². The lowest BCUT2D eigenvalue weighted by atomic mass is 9.96. The maximum absolute atomic E-state index is 12.3. The van der Waals surface area contributed by atoms with Crippen molar-refractivity contribution in [2.45, 2.75) is 66.0 Å². The van der Waals surface area contributed by atoms with Gasteiger partial charge in [0, 0.05) is 0 Å². The SMILES string of the molecule is Cc1cc(C)cc(C(=O)OCC(O)CO)c1.Cc1ccc(-c2ccc(C)c(C(=O)OCC(O)CO)c2)cc1C(=O)OCC(O)CO.Cc1ccc(Oc2ccc(C)c(C(=O)OCC(O)CO)c2)cc1C(=O)O. The van der Waals surface area contributed by atoms with Crippen molar-refractivity contribution in [3.8, 4) is 22.6 Å². The van der Waals surface area contributed by atoms with Gasteiger partial charge in [-0.3, -0.25) is 0 Å². The van der Waals surface area contributed by atoms with E-state index in [2.05, 4.69) is 0 Å². The van der Waals surface area contributed by atoms with Gasteiger partial charge in [-0.25, -0.2) is 24.0 Å². The van der Waals surface area contributed by atoms with E-state index >= 15 is 0 Å². The summed E-state index contributed by atoms with van der Waals surface area (Å²) in [5, 5.41) is 81.2. The van der Waals surface area contributed by atoms with Gasteiger partial charge in [0.25, 0.3) is 0 Å². The fourth-order valence-electron chi connectivity index (χ4n) is 6.27. The number of rotatable bonds is 20. The van der Waals surface area contributed by atoms with E-state index in [9.17, 15) is 44.4 Å². The number of carbonyl (C=O) groups excluding carboxylic acids is 4. The van der Waals surface area contributed by atoms with Crippen LogP contribution < -0.4 is 4.74 Å². The zero-order valence-corrected chi connectivity index (χ0v) is 40.7. The molecule has 72 heavy (non-hydrogen) atoms. The molecular formula is C53H62O19. The highest BCUT2D eigenvalue weighted by atomic mass is 16.6. The minimum Gasteiger partial charge on any atom is -0.478 e. The molecule has 0 aliphatic carbocycles. The van der Waals surface area contributed by atoms with Crippen LogP contribution in [0, 0.1) is 41.5 Å². The third kappa shape index (κ3) is 18.9. The van der Waals surface area contributed by atoms with Crippen LogP contribution in [0.4, 0.5) is 0 Å². The van der Waals surface area contributed by atoms with Gasteiger partial charge in [-0.15, -0.1) is 0 Å². The van der Waals surface area contributed by atoms with Crippen molar-refractivity contribution in [3.05, 3.63) is 152 Å². The molecular weight excluding hydrogens is 941 g/mol. The first kappa shape index (κ1) is 59.2. The van der Waals surface area contributed by atoms with Gasteiger partial charge in [-0.2, -0.15) is 0 Å². The summed E-state index contributed by atoms with van der Waals surface area (Å²) in [5.41, 5.74) is 7.34. The van der Waals surface area contributed by atoms with E-state index in [1.54, 1.807) is 100 Å². The van der Waals surface area contributed by atoms with Crippen molar-refractivity contribution < 1.29 is 93.6 Å². The standard InChI is InChI=1S/C22H26O8.C19H20O7.C12H16O4/c1-13-3-5-15(7-19(13)21(27)29-11-17(25)9-23)16-6-4-14(2)20(8-16)22(28)30-12-18(26)10-24;1-11-3-5-14(7-16(11)18(22)23)26-15-6-4-12(2)17(8-15)19(24)25-10-13(21)9-20;1-8-3-9(2)5-10(4-8)12(15)16-7-11(14)6-13/h3-8,17-18,23-26H,9-12H2,1-2H3;3-8,13,20-21H,9-10H2,1-2H3,(H,22,23);3-5,11,13-14H,6-7H2,1-2H3. The van der Waals surface area contributed by atoms with Crippen LogP contribution in [0.2, 0.25) is 0 Å². The van der Waals surface area contributed by atoms with Crippen LogP contribution in [0.25, 0.3) is 11.1 Å². The second-order valence-corrected chi connectivity index (χ2v) is 16.5. The molecule has 0 radical (unpaired) electrons. The van der Waals surface area contributed by atoms with Crippen LogP contribution in [0.1, 0.15) is 85.2 Å². The molecule has 0 bridgehead atoms. The Bertz CT molecular complexity index is 2530. The summed E-state index contributed by atoms with van der Waals surface area (Å²) in [6.45, 7) is 7.59. The Morgan fingerprint density at radius 1 is 0.403 bits per heavy atom. The highest BCUT2D eigenvalue weighted by molar-refractivity contribution is 5.95. The monoisotopic (exact) mass is 1000 g/mol. The zero-order valence-electron chi connectivity index (χ0n) is 40.7. The molecule has 5 aromatic rings. The van der Waals surface area contributed by atoms with E-state index in [1.165, 1.54) is 12.1 Å². The van der Waals surface area contributed by atoms with E-state index in [1.807, 2.05) is 19.9 Å². The number of aliphatic hydroxyl groups is 8. The molecule has 0 saturated heterocycles.